The highest BCUT2D eigenvalue weighted by atomic mass is 32.1. The molecule has 7 nitrogen and oxygen atoms in total. The summed E-state index contributed by atoms with van der Waals surface area (Å²) >= 11 is 1.58. The number of hydrogen-bond donors (Lipinski definition) is 2. The lowest BCUT2D eigenvalue weighted by molar-refractivity contribution is -0.126. The standard InChI is InChI=1S/C26H27N3O4S/c1-17-5-6-20(12-18(17)2)28-24(30)16-33-22-9-7-21(8-10-22)29-15-19(13-25(29)31)26(32)27-14-23-4-3-11-34-23/h3-12,19H,13-16H2,1-2H3,(H,27,32)(H,28,30)/t19-/m0/s1. The maximum atomic E-state index is 12.5. The number of benzene rings is 2. The molecule has 176 valence electrons. The normalized spacial score (nSPS) is 15.3. The summed E-state index contributed by atoms with van der Waals surface area (Å²) < 4.78 is 5.59. The van der Waals surface area contributed by atoms with Crippen molar-refractivity contribution in [3.63, 3.8) is 0 Å². The van der Waals surface area contributed by atoms with Crippen LogP contribution in [0.3, 0.4) is 0 Å². The Morgan fingerprint density at radius 3 is 2.59 bits per heavy atom. The van der Waals surface area contributed by atoms with Crippen LogP contribution in [0.2, 0.25) is 0 Å². The van der Waals surface area contributed by atoms with Gasteiger partial charge in [0.1, 0.15) is 5.75 Å². The molecule has 1 saturated heterocycles. The third-order valence-corrected chi connectivity index (χ3v) is 6.70. The topological polar surface area (TPSA) is 87.7 Å². The van der Waals surface area contributed by atoms with Crippen LogP contribution >= 0.6 is 11.3 Å². The molecule has 1 aliphatic heterocycles. The summed E-state index contributed by atoms with van der Waals surface area (Å²) in [6, 6.07) is 16.6. The molecule has 1 atom stereocenters. The molecule has 2 N–H and O–H groups in total. The summed E-state index contributed by atoms with van der Waals surface area (Å²) in [6.45, 7) is 4.71. The zero-order valence-electron chi connectivity index (χ0n) is 19.2. The van der Waals surface area contributed by atoms with Crippen LogP contribution in [-0.4, -0.2) is 30.9 Å². The fraction of sp³-hybridized carbons (Fsp3) is 0.269. The second-order valence-corrected chi connectivity index (χ2v) is 9.36. The van der Waals surface area contributed by atoms with Gasteiger partial charge in [0.15, 0.2) is 6.61 Å². The number of thiophene rings is 1. The van der Waals surface area contributed by atoms with Gasteiger partial charge in [-0.15, -0.1) is 11.3 Å². The van der Waals surface area contributed by atoms with Crippen molar-refractivity contribution in [2.45, 2.75) is 26.8 Å². The summed E-state index contributed by atoms with van der Waals surface area (Å²) in [4.78, 5) is 39.9. The van der Waals surface area contributed by atoms with Crippen molar-refractivity contribution in [3.8, 4) is 5.75 Å². The summed E-state index contributed by atoms with van der Waals surface area (Å²) in [5, 5.41) is 7.70. The number of rotatable bonds is 8. The number of ether oxygens (including phenoxy) is 1. The second-order valence-electron chi connectivity index (χ2n) is 8.33. The predicted octanol–water partition coefficient (Wildman–Crippen LogP) is 4.05. The minimum atomic E-state index is -0.377. The summed E-state index contributed by atoms with van der Waals surface area (Å²) in [7, 11) is 0. The van der Waals surface area contributed by atoms with Crippen molar-refractivity contribution >= 4 is 40.4 Å². The van der Waals surface area contributed by atoms with Crippen LogP contribution < -0.4 is 20.3 Å². The molecule has 0 radical (unpaired) electrons. The van der Waals surface area contributed by atoms with Crippen molar-refractivity contribution in [1.29, 1.82) is 0 Å². The summed E-state index contributed by atoms with van der Waals surface area (Å²) in [6.07, 6.45) is 0.188. The minimum Gasteiger partial charge on any atom is -0.484 e. The lowest BCUT2D eigenvalue weighted by Crippen LogP contribution is -2.32. The van der Waals surface area contributed by atoms with Crippen LogP contribution in [0.5, 0.6) is 5.75 Å². The number of nitrogens with zero attached hydrogens (tertiary/aromatic N) is 1. The van der Waals surface area contributed by atoms with E-state index in [-0.39, 0.29) is 36.7 Å². The van der Waals surface area contributed by atoms with E-state index in [1.54, 1.807) is 40.5 Å². The van der Waals surface area contributed by atoms with Gasteiger partial charge in [-0.1, -0.05) is 12.1 Å². The Morgan fingerprint density at radius 1 is 1.09 bits per heavy atom. The van der Waals surface area contributed by atoms with E-state index in [4.69, 9.17) is 4.74 Å². The maximum Gasteiger partial charge on any atom is 0.262 e. The monoisotopic (exact) mass is 477 g/mol. The summed E-state index contributed by atoms with van der Waals surface area (Å²) in [5.74, 6) is -0.302. The van der Waals surface area contributed by atoms with Crippen LogP contribution in [-0.2, 0) is 20.9 Å². The third kappa shape index (κ3) is 5.82. The SMILES string of the molecule is Cc1ccc(NC(=O)COc2ccc(N3C[C@@H](C(=O)NCc4cccs4)CC3=O)cc2)cc1C. The molecule has 3 amide bonds. The van der Waals surface area contributed by atoms with Crippen LogP contribution in [0.1, 0.15) is 22.4 Å². The molecule has 4 rings (SSSR count). The van der Waals surface area contributed by atoms with Crippen LogP contribution in [0.15, 0.2) is 60.0 Å². The van der Waals surface area contributed by atoms with Crippen molar-refractivity contribution in [1.82, 2.24) is 5.32 Å². The van der Waals surface area contributed by atoms with E-state index < -0.39 is 0 Å². The number of amides is 3. The first-order valence-corrected chi connectivity index (χ1v) is 12.0. The smallest absolute Gasteiger partial charge is 0.262 e. The van der Waals surface area contributed by atoms with Gasteiger partial charge < -0.3 is 20.3 Å². The summed E-state index contributed by atoms with van der Waals surface area (Å²) in [5.41, 5.74) is 3.70. The van der Waals surface area contributed by atoms with Crippen molar-refractivity contribution in [2.75, 3.05) is 23.4 Å². The van der Waals surface area contributed by atoms with Gasteiger partial charge in [0.2, 0.25) is 11.8 Å². The maximum absolute atomic E-state index is 12.5. The van der Waals surface area contributed by atoms with E-state index in [1.165, 1.54) is 0 Å². The number of aryl methyl sites for hydroxylation is 2. The van der Waals surface area contributed by atoms with E-state index in [1.807, 2.05) is 49.6 Å². The minimum absolute atomic E-state index is 0.0855. The van der Waals surface area contributed by atoms with Gasteiger partial charge in [-0.05, 0) is 72.8 Å². The molecule has 0 bridgehead atoms. The van der Waals surface area contributed by atoms with Gasteiger partial charge in [-0.25, -0.2) is 0 Å². The number of anilines is 2. The lowest BCUT2D eigenvalue weighted by Gasteiger charge is -2.17. The highest BCUT2D eigenvalue weighted by Gasteiger charge is 2.35. The molecule has 3 aromatic rings. The molecular weight excluding hydrogens is 450 g/mol. The fourth-order valence-electron chi connectivity index (χ4n) is 3.75. The first-order valence-electron chi connectivity index (χ1n) is 11.1. The molecule has 0 saturated carbocycles. The van der Waals surface area contributed by atoms with Crippen LogP contribution in [0.25, 0.3) is 0 Å². The van der Waals surface area contributed by atoms with Gasteiger partial charge in [0.25, 0.3) is 5.91 Å². The molecule has 2 heterocycles. The Balaban J connectivity index is 1.27. The molecule has 0 aliphatic carbocycles. The average molecular weight is 478 g/mol. The van der Waals surface area contributed by atoms with Crippen molar-refractivity contribution in [2.24, 2.45) is 5.92 Å². The number of carbonyl (C=O) groups excluding carboxylic acids is 3. The zero-order chi connectivity index (χ0) is 24.1. The highest BCUT2D eigenvalue weighted by molar-refractivity contribution is 7.09. The number of carbonyl (C=O) groups is 3. The van der Waals surface area contributed by atoms with E-state index in [9.17, 15) is 14.4 Å². The Hall–Kier alpha value is -3.65. The second kappa shape index (κ2) is 10.5. The molecule has 2 aromatic carbocycles. The Labute approximate surface area is 202 Å². The van der Waals surface area contributed by atoms with E-state index >= 15 is 0 Å². The van der Waals surface area contributed by atoms with Gasteiger partial charge in [0, 0.05) is 29.2 Å². The van der Waals surface area contributed by atoms with Crippen molar-refractivity contribution < 1.29 is 19.1 Å². The van der Waals surface area contributed by atoms with Crippen molar-refractivity contribution in [3.05, 3.63) is 76.0 Å². The lowest BCUT2D eigenvalue weighted by atomic mass is 10.1. The molecule has 34 heavy (non-hydrogen) atoms. The molecule has 0 unspecified atom stereocenters. The first-order chi connectivity index (χ1) is 16.4. The van der Waals surface area contributed by atoms with Gasteiger partial charge >= 0.3 is 0 Å². The fourth-order valence-corrected chi connectivity index (χ4v) is 4.40. The van der Waals surface area contributed by atoms with Gasteiger partial charge in [-0.2, -0.15) is 0 Å². The molecular formula is C26H27N3O4S. The van der Waals surface area contributed by atoms with Crippen LogP contribution in [0, 0.1) is 19.8 Å². The number of nitrogens with one attached hydrogen (secondary N) is 2. The quantitative estimate of drug-likeness (QED) is 0.512. The van der Waals surface area contributed by atoms with Gasteiger partial charge in [-0.3, -0.25) is 14.4 Å². The Kier molecular flexibility index (Phi) is 7.27. The average Bonchev–Trinajstić information content (AvgIpc) is 3.49. The molecule has 1 aromatic heterocycles. The van der Waals surface area contributed by atoms with E-state index in [0.717, 1.165) is 21.7 Å². The molecule has 1 fully saturated rings. The number of hydrogen-bond acceptors (Lipinski definition) is 5. The van der Waals surface area contributed by atoms with E-state index in [0.29, 0.717) is 24.5 Å². The first kappa shape index (κ1) is 23.5. The third-order valence-electron chi connectivity index (χ3n) is 5.82. The highest BCUT2D eigenvalue weighted by Crippen LogP contribution is 2.27. The zero-order valence-corrected chi connectivity index (χ0v) is 20.0. The largest absolute Gasteiger partial charge is 0.484 e. The van der Waals surface area contributed by atoms with Gasteiger partial charge in [0.05, 0.1) is 12.5 Å². The van der Waals surface area contributed by atoms with E-state index in [2.05, 4.69) is 10.6 Å². The molecule has 0 spiro atoms. The Morgan fingerprint density at radius 2 is 1.88 bits per heavy atom. The predicted molar refractivity (Wildman–Crippen MR) is 133 cm³/mol. The van der Waals surface area contributed by atoms with Crippen LogP contribution in [0.4, 0.5) is 11.4 Å². The molecule has 8 heteroatoms. The molecule has 1 aliphatic rings. The Bertz CT molecular complexity index is 1180.